The molecule has 0 unspecified atom stereocenters. The minimum Gasteiger partial charge on any atom is -0.480 e. The minimum absolute atomic E-state index is 0.0575. The molecule has 0 aromatic carbocycles. The van der Waals surface area contributed by atoms with Gasteiger partial charge in [-0.05, 0) is 12.8 Å². The predicted molar refractivity (Wildman–Crippen MR) is 59.6 cm³/mol. The Morgan fingerprint density at radius 2 is 1.94 bits per heavy atom. The third-order valence-electron chi connectivity index (χ3n) is 3.25. The third-order valence-corrected chi connectivity index (χ3v) is 3.25. The first-order valence-corrected chi connectivity index (χ1v) is 6.01. The molecular weight excluding hydrogens is 224 g/mol. The summed E-state index contributed by atoms with van der Waals surface area (Å²) in [5.41, 5.74) is 0. The van der Waals surface area contributed by atoms with Crippen molar-refractivity contribution in [3.63, 3.8) is 0 Å². The van der Waals surface area contributed by atoms with Crippen molar-refractivity contribution in [2.75, 3.05) is 39.3 Å². The number of aliphatic carboxylic acids is 1. The highest BCUT2D eigenvalue weighted by Crippen LogP contribution is 2.15. The lowest BCUT2D eigenvalue weighted by Gasteiger charge is -2.34. The number of hydrogen-bond acceptors (Lipinski definition) is 4. The monoisotopic (exact) mass is 242 g/mol. The average molecular weight is 242 g/mol. The summed E-state index contributed by atoms with van der Waals surface area (Å²) in [5, 5.41) is 8.67. The van der Waals surface area contributed by atoms with Gasteiger partial charge in [-0.15, -0.1) is 0 Å². The Bertz CT molecular complexity index is 294. The van der Waals surface area contributed by atoms with E-state index in [4.69, 9.17) is 9.84 Å². The van der Waals surface area contributed by atoms with Crippen LogP contribution in [0.4, 0.5) is 0 Å². The minimum atomic E-state index is -0.816. The van der Waals surface area contributed by atoms with E-state index < -0.39 is 5.97 Å². The van der Waals surface area contributed by atoms with E-state index in [0.717, 1.165) is 12.8 Å². The summed E-state index contributed by atoms with van der Waals surface area (Å²) in [7, 11) is 0. The molecule has 17 heavy (non-hydrogen) atoms. The largest absolute Gasteiger partial charge is 0.480 e. The van der Waals surface area contributed by atoms with Gasteiger partial charge in [-0.2, -0.15) is 0 Å². The van der Waals surface area contributed by atoms with Crippen molar-refractivity contribution >= 4 is 11.9 Å². The number of carbonyl (C=O) groups excluding carboxylic acids is 1. The number of ether oxygens (including phenoxy) is 1. The molecule has 6 heteroatoms. The molecule has 2 rings (SSSR count). The van der Waals surface area contributed by atoms with Crippen LogP contribution in [0.2, 0.25) is 0 Å². The number of carboxylic acids is 1. The number of nitrogens with zero attached hydrogens (tertiary/aromatic N) is 2. The molecular formula is C11H18N2O4. The van der Waals surface area contributed by atoms with Crippen molar-refractivity contribution in [1.82, 2.24) is 9.80 Å². The van der Waals surface area contributed by atoms with Gasteiger partial charge in [0, 0.05) is 32.8 Å². The lowest BCUT2D eigenvalue weighted by atomic mass is 10.2. The summed E-state index contributed by atoms with van der Waals surface area (Å²) in [6.45, 7) is 3.20. The van der Waals surface area contributed by atoms with Gasteiger partial charge < -0.3 is 14.7 Å². The molecule has 2 heterocycles. The van der Waals surface area contributed by atoms with Gasteiger partial charge in [0.2, 0.25) is 0 Å². The molecule has 0 aromatic rings. The third kappa shape index (κ3) is 3.17. The Morgan fingerprint density at radius 3 is 2.47 bits per heavy atom. The highest BCUT2D eigenvalue weighted by atomic mass is 16.5. The van der Waals surface area contributed by atoms with Gasteiger partial charge in [-0.1, -0.05) is 0 Å². The predicted octanol–water partition coefficient (Wildman–Crippen LogP) is -0.606. The van der Waals surface area contributed by atoms with Crippen LogP contribution in [0.1, 0.15) is 12.8 Å². The van der Waals surface area contributed by atoms with Gasteiger partial charge in [-0.3, -0.25) is 14.5 Å². The Labute approximate surface area is 100 Å². The van der Waals surface area contributed by atoms with E-state index in [1.54, 1.807) is 4.90 Å². The summed E-state index contributed by atoms with van der Waals surface area (Å²) >= 11 is 0. The molecule has 0 spiro atoms. The average Bonchev–Trinajstić information content (AvgIpc) is 2.82. The second-order valence-corrected chi connectivity index (χ2v) is 4.50. The van der Waals surface area contributed by atoms with Crippen LogP contribution in [0.15, 0.2) is 0 Å². The van der Waals surface area contributed by atoms with Crippen molar-refractivity contribution in [3.05, 3.63) is 0 Å². The van der Waals surface area contributed by atoms with Crippen molar-refractivity contribution < 1.29 is 19.4 Å². The second kappa shape index (κ2) is 5.46. The lowest BCUT2D eigenvalue weighted by Crippen LogP contribution is -2.52. The topological polar surface area (TPSA) is 70.1 Å². The van der Waals surface area contributed by atoms with Crippen molar-refractivity contribution in [2.24, 2.45) is 0 Å². The summed E-state index contributed by atoms with van der Waals surface area (Å²) in [6.07, 6.45) is 1.50. The fourth-order valence-corrected chi connectivity index (χ4v) is 2.29. The maximum Gasteiger partial charge on any atom is 0.317 e. The molecule has 0 saturated carbocycles. The zero-order valence-electron chi connectivity index (χ0n) is 9.80. The van der Waals surface area contributed by atoms with Crippen LogP contribution >= 0.6 is 0 Å². The summed E-state index contributed by atoms with van der Waals surface area (Å²) in [4.78, 5) is 26.2. The molecule has 0 aliphatic carbocycles. The maximum atomic E-state index is 12.0. The number of piperazine rings is 1. The molecule has 1 amide bonds. The van der Waals surface area contributed by atoms with Gasteiger partial charge in [0.15, 0.2) is 0 Å². The second-order valence-electron chi connectivity index (χ2n) is 4.50. The number of carbonyl (C=O) groups is 2. The first kappa shape index (κ1) is 12.3. The fraction of sp³-hybridized carbons (Fsp3) is 0.818. The fourth-order valence-electron chi connectivity index (χ4n) is 2.29. The molecule has 2 aliphatic rings. The molecule has 0 aromatic heterocycles. The van der Waals surface area contributed by atoms with Crippen LogP contribution in [0.5, 0.6) is 0 Å². The van der Waals surface area contributed by atoms with Gasteiger partial charge in [0.05, 0.1) is 6.54 Å². The lowest BCUT2D eigenvalue weighted by molar-refractivity contribution is -0.143. The van der Waals surface area contributed by atoms with Crippen LogP contribution in [0.3, 0.4) is 0 Å². The zero-order valence-corrected chi connectivity index (χ0v) is 9.80. The molecule has 1 atom stereocenters. The van der Waals surface area contributed by atoms with E-state index in [0.29, 0.717) is 32.8 Å². The van der Waals surface area contributed by atoms with E-state index in [9.17, 15) is 9.59 Å². The first-order valence-electron chi connectivity index (χ1n) is 6.01. The SMILES string of the molecule is O=C(O)CN1CCN(C(=O)[C@H]2CCCO2)CC1. The number of rotatable bonds is 3. The van der Waals surface area contributed by atoms with Gasteiger partial charge in [0.1, 0.15) is 6.10 Å². The highest BCUT2D eigenvalue weighted by molar-refractivity contribution is 5.81. The molecule has 1 N–H and O–H groups in total. The zero-order chi connectivity index (χ0) is 12.3. The molecule has 2 fully saturated rings. The first-order chi connectivity index (χ1) is 8.16. The Kier molecular flexibility index (Phi) is 3.96. The van der Waals surface area contributed by atoms with Crippen molar-refractivity contribution in [1.29, 1.82) is 0 Å². The van der Waals surface area contributed by atoms with Crippen molar-refractivity contribution in [3.8, 4) is 0 Å². The van der Waals surface area contributed by atoms with Gasteiger partial charge in [0.25, 0.3) is 5.91 Å². The summed E-state index contributed by atoms with van der Waals surface area (Å²) in [5.74, 6) is -0.749. The summed E-state index contributed by atoms with van der Waals surface area (Å²) in [6, 6.07) is 0. The smallest absolute Gasteiger partial charge is 0.317 e. The number of hydrogen-bond donors (Lipinski definition) is 1. The molecule has 0 radical (unpaired) electrons. The van der Waals surface area contributed by atoms with Crippen LogP contribution < -0.4 is 0 Å². The summed E-state index contributed by atoms with van der Waals surface area (Å²) < 4.78 is 5.36. The standard InChI is InChI=1S/C11H18N2O4/c14-10(15)8-12-3-5-13(6-4-12)11(16)9-2-1-7-17-9/h9H,1-8H2,(H,14,15)/t9-/m1/s1. The maximum absolute atomic E-state index is 12.0. The molecule has 2 saturated heterocycles. The van der Waals surface area contributed by atoms with E-state index in [1.165, 1.54) is 0 Å². The van der Waals surface area contributed by atoms with Gasteiger partial charge in [-0.25, -0.2) is 0 Å². The van der Waals surface area contributed by atoms with Crippen LogP contribution in [-0.2, 0) is 14.3 Å². The Morgan fingerprint density at radius 1 is 1.24 bits per heavy atom. The molecule has 6 nitrogen and oxygen atoms in total. The van der Waals surface area contributed by atoms with E-state index in [1.807, 2.05) is 4.90 Å². The Balaban J connectivity index is 1.78. The highest BCUT2D eigenvalue weighted by Gasteiger charge is 2.30. The number of carboxylic acid groups (broad SMARTS) is 1. The van der Waals surface area contributed by atoms with E-state index in [2.05, 4.69) is 0 Å². The quantitative estimate of drug-likeness (QED) is 0.715. The van der Waals surface area contributed by atoms with Gasteiger partial charge >= 0.3 is 5.97 Å². The Hall–Kier alpha value is -1.14. The van der Waals surface area contributed by atoms with Crippen LogP contribution in [0, 0.1) is 0 Å². The molecule has 96 valence electrons. The normalized spacial score (nSPS) is 26.1. The van der Waals surface area contributed by atoms with Crippen LogP contribution in [0.25, 0.3) is 0 Å². The van der Waals surface area contributed by atoms with E-state index in [-0.39, 0.29) is 18.6 Å². The van der Waals surface area contributed by atoms with Crippen LogP contribution in [-0.4, -0.2) is 72.2 Å². The molecule has 2 aliphatic heterocycles. The van der Waals surface area contributed by atoms with E-state index >= 15 is 0 Å². The number of amides is 1. The molecule has 0 bridgehead atoms. The van der Waals surface area contributed by atoms with Crippen molar-refractivity contribution in [2.45, 2.75) is 18.9 Å².